The normalized spacial score (nSPS) is 15.5. The number of aromatic amines is 1. The van der Waals surface area contributed by atoms with Gasteiger partial charge >= 0.3 is 0 Å². The molecular formula is C21H21N5. The zero-order valence-electron chi connectivity index (χ0n) is 14.5. The highest BCUT2D eigenvalue weighted by Gasteiger charge is 2.16. The van der Waals surface area contributed by atoms with Gasteiger partial charge < -0.3 is 15.6 Å². The molecule has 3 N–H and O–H groups in total. The minimum atomic E-state index is 0.466. The topological polar surface area (TPSA) is 65.6 Å². The van der Waals surface area contributed by atoms with Crippen molar-refractivity contribution in [3.8, 4) is 11.3 Å². The average Bonchev–Trinajstić information content (AvgIpc) is 3.16. The molecule has 0 unspecified atom stereocenters. The molecule has 4 heterocycles. The van der Waals surface area contributed by atoms with E-state index in [2.05, 4.69) is 52.0 Å². The number of nitrogens with zero attached hydrogens (tertiary/aromatic N) is 2. The van der Waals surface area contributed by atoms with E-state index in [0.717, 1.165) is 64.9 Å². The van der Waals surface area contributed by atoms with Crippen LogP contribution in [0.5, 0.6) is 0 Å². The molecule has 0 atom stereocenters. The molecular weight excluding hydrogens is 322 g/mol. The van der Waals surface area contributed by atoms with Crippen molar-refractivity contribution in [1.82, 2.24) is 20.3 Å². The van der Waals surface area contributed by atoms with Gasteiger partial charge in [-0.25, -0.2) is 9.97 Å². The maximum absolute atomic E-state index is 4.88. The third-order valence-corrected chi connectivity index (χ3v) is 5.09. The first-order valence-electron chi connectivity index (χ1n) is 9.18. The third-order valence-electron chi connectivity index (χ3n) is 5.09. The van der Waals surface area contributed by atoms with Gasteiger partial charge in [0.05, 0.1) is 11.2 Å². The molecule has 1 aliphatic rings. The van der Waals surface area contributed by atoms with Gasteiger partial charge in [0.1, 0.15) is 11.5 Å². The highest BCUT2D eigenvalue weighted by atomic mass is 15.1. The predicted molar refractivity (Wildman–Crippen MR) is 106 cm³/mol. The summed E-state index contributed by atoms with van der Waals surface area (Å²) in [6, 6.07) is 17.1. The van der Waals surface area contributed by atoms with Crippen molar-refractivity contribution in [2.24, 2.45) is 0 Å². The summed E-state index contributed by atoms with van der Waals surface area (Å²) in [5.74, 6) is 0.914. The van der Waals surface area contributed by atoms with Gasteiger partial charge in [0.2, 0.25) is 0 Å². The van der Waals surface area contributed by atoms with Crippen LogP contribution in [-0.4, -0.2) is 34.1 Å². The van der Waals surface area contributed by atoms with E-state index in [1.165, 1.54) is 0 Å². The van der Waals surface area contributed by atoms with E-state index in [1.54, 1.807) is 0 Å². The van der Waals surface area contributed by atoms with Gasteiger partial charge in [-0.3, -0.25) is 0 Å². The molecule has 3 aromatic heterocycles. The Hall–Kier alpha value is -2.92. The first kappa shape index (κ1) is 15.3. The predicted octanol–water partition coefficient (Wildman–Crippen LogP) is 3.94. The van der Waals surface area contributed by atoms with E-state index in [9.17, 15) is 0 Å². The molecule has 4 aromatic rings. The number of hydrogen-bond donors (Lipinski definition) is 3. The van der Waals surface area contributed by atoms with Gasteiger partial charge in [-0.15, -0.1) is 0 Å². The van der Waals surface area contributed by atoms with Crippen molar-refractivity contribution < 1.29 is 0 Å². The number of H-pyrrole nitrogens is 1. The molecule has 26 heavy (non-hydrogen) atoms. The molecule has 1 aromatic carbocycles. The van der Waals surface area contributed by atoms with E-state index < -0.39 is 0 Å². The molecule has 1 aliphatic heterocycles. The fourth-order valence-corrected chi connectivity index (χ4v) is 3.71. The highest BCUT2D eigenvalue weighted by molar-refractivity contribution is 5.95. The van der Waals surface area contributed by atoms with Crippen molar-refractivity contribution >= 4 is 27.8 Å². The Kier molecular flexibility index (Phi) is 3.79. The van der Waals surface area contributed by atoms with E-state index in [-0.39, 0.29) is 0 Å². The van der Waals surface area contributed by atoms with Crippen LogP contribution in [0, 0.1) is 0 Å². The van der Waals surface area contributed by atoms with Crippen molar-refractivity contribution in [2.75, 3.05) is 18.4 Å². The number of pyridine rings is 2. The van der Waals surface area contributed by atoms with Crippen molar-refractivity contribution in [3.05, 3.63) is 54.7 Å². The number of fused-ring (bicyclic) bond motifs is 2. The molecule has 0 amide bonds. The lowest BCUT2D eigenvalue weighted by molar-refractivity contribution is 0.478. The zero-order valence-corrected chi connectivity index (χ0v) is 14.5. The lowest BCUT2D eigenvalue weighted by atomic mass is 10.1. The number of hydrogen-bond acceptors (Lipinski definition) is 4. The SMILES string of the molecule is c1ccc2nc(-c3cc(NC4CCNCC4)nc4[nH]ccc34)ccc2c1. The van der Waals surface area contributed by atoms with Crippen LogP contribution in [0.4, 0.5) is 5.82 Å². The Labute approximate surface area is 151 Å². The summed E-state index contributed by atoms with van der Waals surface area (Å²) < 4.78 is 0. The van der Waals surface area contributed by atoms with Crippen LogP contribution in [0.15, 0.2) is 54.7 Å². The number of piperidine rings is 1. The summed E-state index contributed by atoms with van der Waals surface area (Å²) in [5.41, 5.74) is 4.00. The van der Waals surface area contributed by atoms with Gasteiger partial charge in [0.25, 0.3) is 0 Å². The van der Waals surface area contributed by atoms with E-state index in [1.807, 2.05) is 18.3 Å². The van der Waals surface area contributed by atoms with Gasteiger partial charge in [0, 0.05) is 28.6 Å². The first-order valence-corrected chi connectivity index (χ1v) is 9.18. The molecule has 0 bridgehead atoms. The van der Waals surface area contributed by atoms with Gasteiger partial charge in [-0.1, -0.05) is 24.3 Å². The Morgan fingerprint density at radius 2 is 1.85 bits per heavy atom. The van der Waals surface area contributed by atoms with Gasteiger partial charge in [0.15, 0.2) is 0 Å². The van der Waals surface area contributed by atoms with Crippen LogP contribution in [-0.2, 0) is 0 Å². The quantitative estimate of drug-likeness (QED) is 0.527. The second-order valence-electron chi connectivity index (χ2n) is 6.85. The van der Waals surface area contributed by atoms with Crippen molar-refractivity contribution in [3.63, 3.8) is 0 Å². The average molecular weight is 343 g/mol. The minimum Gasteiger partial charge on any atom is -0.367 e. The monoisotopic (exact) mass is 343 g/mol. The van der Waals surface area contributed by atoms with Crippen LogP contribution in [0.3, 0.4) is 0 Å². The molecule has 0 saturated carbocycles. The summed E-state index contributed by atoms with van der Waals surface area (Å²) in [4.78, 5) is 12.9. The van der Waals surface area contributed by atoms with Crippen LogP contribution in [0.2, 0.25) is 0 Å². The molecule has 0 aliphatic carbocycles. The van der Waals surface area contributed by atoms with E-state index in [0.29, 0.717) is 6.04 Å². The lowest BCUT2D eigenvalue weighted by Gasteiger charge is -2.24. The molecule has 5 heteroatoms. The summed E-state index contributed by atoms with van der Waals surface area (Å²) in [5, 5.41) is 9.27. The van der Waals surface area contributed by atoms with E-state index >= 15 is 0 Å². The largest absolute Gasteiger partial charge is 0.367 e. The standard InChI is InChI=1S/C21H21N5/c1-2-4-18-14(3-1)5-6-19(25-18)17-13-20(24-15-7-10-22-11-8-15)26-21-16(17)9-12-23-21/h1-6,9,12-13,15,22H,7-8,10-11H2,(H2,23,24,26). The number of benzene rings is 1. The lowest BCUT2D eigenvalue weighted by Crippen LogP contribution is -2.35. The molecule has 5 nitrogen and oxygen atoms in total. The van der Waals surface area contributed by atoms with Crippen molar-refractivity contribution in [2.45, 2.75) is 18.9 Å². The number of rotatable bonds is 3. The molecule has 0 radical (unpaired) electrons. The molecule has 1 saturated heterocycles. The van der Waals surface area contributed by atoms with Crippen LogP contribution in [0.25, 0.3) is 33.2 Å². The summed E-state index contributed by atoms with van der Waals surface area (Å²) in [7, 11) is 0. The zero-order chi connectivity index (χ0) is 17.3. The maximum Gasteiger partial charge on any atom is 0.140 e. The highest BCUT2D eigenvalue weighted by Crippen LogP contribution is 2.30. The molecule has 130 valence electrons. The Bertz CT molecular complexity index is 1060. The Morgan fingerprint density at radius 1 is 0.962 bits per heavy atom. The van der Waals surface area contributed by atoms with Crippen LogP contribution in [0.1, 0.15) is 12.8 Å². The summed E-state index contributed by atoms with van der Waals surface area (Å²) in [6.45, 7) is 2.11. The fourth-order valence-electron chi connectivity index (χ4n) is 3.71. The van der Waals surface area contributed by atoms with Crippen LogP contribution >= 0.6 is 0 Å². The van der Waals surface area contributed by atoms with Crippen LogP contribution < -0.4 is 10.6 Å². The number of nitrogens with one attached hydrogen (secondary N) is 3. The molecule has 0 spiro atoms. The summed E-state index contributed by atoms with van der Waals surface area (Å²) >= 11 is 0. The maximum atomic E-state index is 4.88. The first-order chi connectivity index (χ1) is 12.9. The molecule has 5 rings (SSSR count). The fraction of sp³-hybridized carbons (Fsp3) is 0.238. The third kappa shape index (κ3) is 2.80. The smallest absolute Gasteiger partial charge is 0.140 e. The molecule has 1 fully saturated rings. The number of aromatic nitrogens is 3. The Balaban J connectivity index is 1.59. The number of para-hydroxylation sites is 1. The summed E-state index contributed by atoms with van der Waals surface area (Å²) in [6.07, 6.45) is 4.18. The Morgan fingerprint density at radius 3 is 2.77 bits per heavy atom. The van der Waals surface area contributed by atoms with E-state index in [4.69, 9.17) is 9.97 Å². The number of anilines is 1. The second kappa shape index (κ2) is 6.42. The van der Waals surface area contributed by atoms with Crippen molar-refractivity contribution in [1.29, 1.82) is 0 Å². The van der Waals surface area contributed by atoms with Gasteiger partial charge in [-0.05, 0) is 50.2 Å². The minimum absolute atomic E-state index is 0.466. The second-order valence-corrected chi connectivity index (χ2v) is 6.85. The van der Waals surface area contributed by atoms with Gasteiger partial charge in [-0.2, -0.15) is 0 Å².